The first-order valence-corrected chi connectivity index (χ1v) is 13.0. The van der Waals surface area contributed by atoms with Gasteiger partial charge >= 0.3 is 0 Å². The second-order valence-corrected chi connectivity index (χ2v) is 10.0. The summed E-state index contributed by atoms with van der Waals surface area (Å²) < 4.78 is 39.1. The first kappa shape index (κ1) is 27.5. The summed E-state index contributed by atoms with van der Waals surface area (Å²) in [7, 11) is 0.304. The van der Waals surface area contributed by atoms with Crippen LogP contribution in [0.2, 0.25) is 0 Å². The van der Waals surface area contributed by atoms with E-state index < -0.39 is 28.5 Å². The fourth-order valence-electron chi connectivity index (χ4n) is 3.79. The maximum absolute atomic E-state index is 13.8. The minimum atomic E-state index is -4.16. The van der Waals surface area contributed by atoms with Gasteiger partial charge in [0.2, 0.25) is 11.8 Å². The zero-order valence-corrected chi connectivity index (χ0v) is 22.1. The van der Waals surface area contributed by atoms with Crippen molar-refractivity contribution in [1.29, 1.82) is 0 Å². The highest BCUT2D eigenvalue weighted by molar-refractivity contribution is 7.92. The van der Waals surface area contributed by atoms with Gasteiger partial charge in [-0.25, -0.2) is 8.42 Å². The van der Waals surface area contributed by atoms with E-state index in [0.717, 1.165) is 9.87 Å². The number of nitrogens with one attached hydrogen (secondary N) is 1. The van der Waals surface area contributed by atoms with Gasteiger partial charge in [-0.3, -0.25) is 13.9 Å². The molecule has 9 nitrogen and oxygen atoms in total. The molecule has 0 radical (unpaired) electrons. The third-order valence-corrected chi connectivity index (χ3v) is 7.66. The van der Waals surface area contributed by atoms with Gasteiger partial charge in [-0.15, -0.1) is 0 Å². The Bertz CT molecular complexity index is 1310. The molecule has 0 spiro atoms. The number of para-hydroxylation sites is 2. The fourth-order valence-corrected chi connectivity index (χ4v) is 5.23. The van der Waals surface area contributed by atoms with Crippen molar-refractivity contribution in [2.45, 2.75) is 24.4 Å². The van der Waals surface area contributed by atoms with Crippen molar-refractivity contribution in [3.8, 4) is 11.5 Å². The van der Waals surface area contributed by atoms with Crippen LogP contribution in [0, 0.1) is 0 Å². The number of ether oxygens (including phenoxy) is 2. The third-order valence-electron chi connectivity index (χ3n) is 5.89. The predicted molar refractivity (Wildman–Crippen MR) is 141 cm³/mol. The van der Waals surface area contributed by atoms with Crippen LogP contribution >= 0.6 is 0 Å². The molecule has 0 aliphatic carbocycles. The molecule has 0 saturated carbocycles. The van der Waals surface area contributed by atoms with Gasteiger partial charge in [-0.1, -0.05) is 42.5 Å². The van der Waals surface area contributed by atoms with E-state index in [-0.39, 0.29) is 28.8 Å². The monoisotopic (exact) mass is 525 g/mol. The van der Waals surface area contributed by atoms with Crippen LogP contribution in [0.4, 0.5) is 5.69 Å². The Morgan fingerprint density at radius 1 is 0.892 bits per heavy atom. The lowest BCUT2D eigenvalue weighted by Crippen LogP contribution is -2.50. The van der Waals surface area contributed by atoms with Crippen LogP contribution in [-0.2, 0) is 26.2 Å². The molecule has 3 rings (SSSR count). The van der Waals surface area contributed by atoms with Gasteiger partial charge in [0, 0.05) is 13.6 Å². The van der Waals surface area contributed by atoms with E-state index in [1.54, 1.807) is 80.8 Å². The van der Waals surface area contributed by atoms with Crippen LogP contribution in [0.15, 0.2) is 83.8 Å². The maximum atomic E-state index is 13.8. The van der Waals surface area contributed by atoms with E-state index in [1.165, 1.54) is 31.2 Å². The molecular weight excluding hydrogens is 494 g/mol. The summed E-state index contributed by atoms with van der Waals surface area (Å²) in [5.41, 5.74) is 0.957. The van der Waals surface area contributed by atoms with Gasteiger partial charge in [0.15, 0.2) is 0 Å². The number of anilines is 1. The summed E-state index contributed by atoms with van der Waals surface area (Å²) in [6.45, 7) is 1.14. The first-order chi connectivity index (χ1) is 17.7. The second-order valence-electron chi connectivity index (χ2n) is 8.16. The number of hydrogen-bond donors (Lipinski definition) is 1. The lowest BCUT2D eigenvalue weighted by Gasteiger charge is -2.32. The molecule has 0 heterocycles. The van der Waals surface area contributed by atoms with E-state index in [0.29, 0.717) is 5.75 Å². The van der Waals surface area contributed by atoms with Gasteiger partial charge in [0.25, 0.3) is 10.0 Å². The van der Waals surface area contributed by atoms with Gasteiger partial charge < -0.3 is 19.7 Å². The zero-order chi connectivity index (χ0) is 27.0. The Morgan fingerprint density at radius 2 is 1.51 bits per heavy atom. The maximum Gasteiger partial charge on any atom is 0.264 e. The number of nitrogens with zero attached hydrogens (tertiary/aromatic N) is 2. The Kier molecular flexibility index (Phi) is 9.13. The van der Waals surface area contributed by atoms with Gasteiger partial charge in [0.1, 0.15) is 24.1 Å². The van der Waals surface area contributed by atoms with E-state index in [2.05, 4.69) is 5.32 Å². The number of hydrogen-bond acceptors (Lipinski definition) is 6. The average molecular weight is 526 g/mol. The molecule has 37 heavy (non-hydrogen) atoms. The number of benzene rings is 3. The van der Waals surface area contributed by atoms with Crippen molar-refractivity contribution >= 4 is 27.5 Å². The average Bonchev–Trinajstić information content (AvgIpc) is 2.94. The Balaban J connectivity index is 2.04. The van der Waals surface area contributed by atoms with E-state index >= 15 is 0 Å². The van der Waals surface area contributed by atoms with Crippen molar-refractivity contribution in [2.75, 3.05) is 32.1 Å². The first-order valence-electron chi connectivity index (χ1n) is 11.6. The van der Waals surface area contributed by atoms with Crippen LogP contribution in [0.5, 0.6) is 11.5 Å². The molecule has 0 saturated heterocycles. The molecule has 0 aliphatic rings. The number of carbonyl (C=O) groups is 2. The molecule has 1 N–H and O–H groups in total. The van der Waals surface area contributed by atoms with Crippen LogP contribution < -0.4 is 19.1 Å². The number of likely N-dealkylation sites (N-methyl/N-ethyl adjacent to an activating group) is 1. The fraction of sp³-hybridized carbons (Fsp3) is 0.259. The van der Waals surface area contributed by atoms with Crippen molar-refractivity contribution < 1.29 is 27.5 Å². The Morgan fingerprint density at radius 3 is 2.11 bits per heavy atom. The van der Waals surface area contributed by atoms with Gasteiger partial charge in [0.05, 0.1) is 24.8 Å². The number of sulfonamides is 1. The molecule has 196 valence electrons. The van der Waals surface area contributed by atoms with Crippen molar-refractivity contribution in [3.05, 3.63) is 84.4 Å². The summed E-state index contributed by atoms with van der Waals surface area (Å²) in [5, 5.41) is 2.56. The molecule has 0 fully saturated rings. The van der Waals surface area contributed by atoms with Gasteiger partial charge in [-0.05, 0) is 48.9 Å². The molecule has 0 aromatic heterocycles. The molecule has 2 amide bonds. The topological polar surface area (TPSA) is 105 Å². The number of amides is 2. The lowest BCUT2D eigenvalue weighted by molar-refractivity contribution is -0.139. The highest BCUT2D eigenvalue weighted by atomic mass is 32.2. The van der Waals surface area contributed by atoms with E-state index in [9.17, 15) is 18.0 Å². The molecule has 1 atom stereocenters. The second kappa shape index (κ2) is 12.3. The highest BCUT2D eigenvalue weighted by Crippen LogP contribution is 2.32. The predicted octanol–water partition coefficient (Wildman–Crippen LogP) is 3.06. The Labute approximate surface area is 217 Å². The number of methoxy groups -OCH3 is 2. The lowest BCUT2D eigenvalue weighted by atomic mass is 10.1. The largest absolute Gasteiger partial charge is 0.497 e. The molecule has 0 bridgehead atoms. The quantitative estimate of drug-likeness (QED) is 0.413. The highest BCUT2D eigenvalue weighted by Gasteiger charge is 2.33. The summed E-state index contributed by atoms with van der Waals surface area (Å²) in [4.78, 5) is 27.7. The molecular formula is C27H31N3O6S. The summed E-state index contributed by atoms with van der Waals surface area (Å²) in [6.07, 6.45) is 0. The summed E-state index contributed by atoms with van der Waals surface area (Å²) in [6, 6.07) is 20.6. The van der Waals surface area contributed by atoms with E-state index in [4.69, 9.17) is 9.47 Å². The van der Waals surface area contributed by atoms with Crippen molar-refractivity contribution in [1.82, 2.24) is 10.2 Å². The van der Waals surface area contributed by atoms with Crippen LogP contribution in [0.1, 0.15) is 12.5 Å². The smallest absolute Gasteiger partial charge is 0.264 e. The molecule has 3 aromatic rings. The standard InChI is InChI=1S/C27H31N3O6S/c1-20(27(32)28-2)29(18-21-14-16-22(35-3)17-15-21)26(31)19-30(24-12-8-9-13-25(24)36-4)37(33,34)23-10-6-5-7-11-23/h5-17,20H,18-19H2,1-4H3,(H,28,32)/t20-/m1/s1. The van der Waals surface area contributed by atoms with E-state index in [1.807, 2.05) is 0 Å². The molecule has 0 unspecified atom stereocenters. The number of rotatable bonds is 11. The van der Waals surface area contributed by atoms with Crippen molar-refractivity contribution in [3.63, 3.8) is 0 Å². The normalized spacial score (nSPS) is 11.8. The van der Waals surface area contributed by atoms with Gasteiger partial charge in [-0.2, -0.15) is 0 Å². The summed E-state index contributed by atoms with van der Waals surface area (Å²) in [5.74, 6) is 0.00193. The summed E-state index contributed by atoms with van der Waals surface area (Å²) >= 11 is 0. The molecule has 0 aliphatic heterocycles. The van der Waals surface area contributed by atoms with Crippen LogP contribution in [0.3, 0.4) is 0 Å². The third kappa shape index (κ3) is 6.39. The minimum Gasteiger partial charge on any atom is -0.497 e. The molecule has 10 heteroatoms. The van der Waals surface area contributed by atoms with Crippen LogP contribution in [0.25, 0.3) is 0 Å². The van der Waals surface area contributed by atoms with Crippen molar-refractivity contribution in [2.24, 2.45) is 0 Å². The minimum absolute atomic E-state index is 0.0229. The molecule has 3 aromatic carbocycles. The number of carbonyl (C=O) groups excluding carboxylic acids is 2. The Hall–Kier alpha value is -4.05. The SMILES string of the molecule is CNC(=O)[C@@H](C)N(Cc1ccc(OC)cc1)C(=O)CN(c1ccccc1OC)S(=O)(=O)c1ccccc1. The zero-order valence-electron chi connectivity index (χ0n) is 21.2. The van der Waals surface area contributed by atoms with Crippen LogP contribution in [-0.4, -0.2) is 59.0 Å².